The van der Waals surface area contributed by atoms with Crippen LogP contribution in [0.1, 0.15) is 12.2 Å². The molecule has 0 aromatic carbocycles. The van der Waals surface area contributed by atoms with E-state index in [0.29, 0.717) is 6.54 Å². The normalized spacial score (nSPS) is 22.8. The van der Waals surface area contributed by atoms with E-state index in [-0.39, 0.29) is 17.5 Å². The Morgan fingerprint density at radius 1 is 1.58 bits per heavy atom. The van der Waals surface area contributed by atoms with Gasteiger partial charge < -0.3 is 9.88 Å². The second-order valence-corrected chi connectivity index (χ2v) is 7.47. The maximum absolute atomic E-state index is 11.5. The fourth-order valence-electron chi connectivity index (χ4n) is 2.30. The summed E-state index contributed by atoms with van der Waals surface area (Å²) >= 11 is 0. The molecule has 1 aliphatic rings. The summed E-state index contributed by atoms with van der Waals surface area (Å²) in [7, 11) is 1.18. The van der Waals surface area contributed by atoms with Crippen LogP contribution in [-0.4, -0.2) is 60.6 Å². The summed E-state index contributed by atoms with van der Waals surface area (Å²) in [5, 5.41) is 3.27. The lowest BCUT2D eigenvalue weighted by atomic mass is 10.2. The minimum absolute atomic E-state index is 0.0857. The summed E-state index contributed by atoms with van der Waals surface area (Å²) in [5.74, 6) is 1.56. The zero-order valence-corrected chi connectivity index (χ0v) is 12.4. The van der Waals surface area contributed by atoms with Gasteiger partial charge in [-0.25, -0.2) is 13.4 Å². The van der Waals surface area contributed by atoms with Gasteiger partial charge in [-0.2, -0.15) is 0 Å². The summed E-state index contributed by atoms with van der Waals surface area (Å²) in [6, 6.07) is 0.0857. The number of rotatable bonds is 5. The SMILES string of the molecule is CN(CCC1CS(=O)(=O)CCN1)Cc1nccn1C. The molecule has 1 aliphatic heterocycles. The number of sulfone groups is 1. The topological polar surface area (TPSA) is 67.2 Å². The van der Waals surface area contributed by atoms with Crippen LogP contribution in [-0.2, 0) is 23.4 Å². The molecule has 0 bridgehead atoms. The lowest BCUT2D eigenvalue weighted by Crippen LogP contribution is -2.46. The van der Waals surface area contributed by atoms with Gasteiger partial charge >= 0.3 is 0 Å². The van der Waals surface area contributed by atoms with Crippen LogP contribution in [0.25, 0.3) is 0 Å². The first-order valence-corrected chi connectivity index (χ1v) is 8.37. The minimum Gasteiger partial charge on any atom is -0.337 e. The van der Waals surface area contributed by atoms with Gasteiger partial charge in [-0.15, -0.1) is 0 Å². The van der Waals surface area contributed by atoms with Crippen molar-refractivity contribution in [3.63, 3.8) is 0 Å². The Balaban J connectivity index is 1.77. The van der Waals surface area contributed by atoms with Crippen molar-refractivity contribution in [2.45, 2.75) is 19.0 Å². The smallest absolute Gasteiger partial charge is 0.153 e. The van der Waals surface area contributed by atoms with Crippen molar-refractivity contribution in [2.24, 2.45) is 7.05 Å². The molecule has 1 atom stereocenters. The molecule has 19 heavy (non-hydrogen) atoms. The highest BCUT2D eigenvalue weighted by molar-refractivity contribution is 7.91. The lowest BCUT2D eigenvalue weighted by molar-refractivity contribution is 0.294. The van der Waals surface area contributed by atoms with Crippen LogP contribution in [0.4, 0.5) is 0 Å². The van der Waals surface area contributed by atoms with Crippen LogP contribution in [0.3, 0.4) is 0 Å². The van der Waals surface area contributed by atoms with Crippen LogP contribution in [0.2, 0.25) is 0 Å². The molecule has 0 radical (unpaired) electrons. The van der Waals surface area contributed by atoms with E-state index in [0.717, 1.165) is 25.3 Å². The van der Waals surface area contributed by atoms with Gasteiger partial charge in [0.25, 0.3) is 0 Å². The number of aryl methyl sites for hydroxylation is 1. The van der Waals surface area contributed by atoms with Crippen molar-refractivity contribution in [1.29, 1.82) is 0 Å². The van der Waals surface area contributed by atoms with Gasteiger partial charge in [0.05, 0.1) is 18.1 Å². The first-order chi connectivity index (χ1) is 8.96. The highest BCUT2D eigenvalue weighted by Crippen LogP contribution is 2.07. The number of hydrogen-bond donors (Lipinski definition) is 1. The molecular weight excluding hydrogens is 264 g/mol. The van der Waals surface area contributed by atoms with E-state index in [2.05, 4.69) is 15.2 Å². The van der Waals surface area contributed by atoms with Crippen molar-refractivity contribution in [3.05, 3.63) is 18.2 Å². The monoisotopic (exact) mass is 286 g/mol. The molecule has 0 spiro atoms. The highest BCUT2D eigenvalue weighted by atomic mass is 32.2. The van der Waals surface area contributed by atoms with Gasteiger partial charge in [-0.05, 0) is 20.0 Å². The second kappa shape index (κ2) is 6.02. The largest absolute Gasteiger partial charge is 0.337 e. The molecule has 1 saturated heterocycles. The van der Waals surface area contributed by atoms with Gasteiger partial charge in [-0.3, -0.25) is 4.90 Å². The predicted octanol–water partition coefficient (Wildman–Crippen LogP) is -0.371. The predicted molar refractivity (Wildman–Crippen MR) is 74.6 cm³/mol. The summed E-state index contributed by atoms with van der Waals surface area (Å²) in [6.45, 7) is 2.22. The minimum atomic E-state index is -2.83. The Hall–Kier alpha value is -0.920. The van der Waals surface area contributed by atoms with Crippen LogP contribution in [0.5, 0.6) is 0 Å². The van der Waals surface area contributed by atoms with E-state index < -0.39 is 9.84 Å². The first kappa shape index (κ1) is 14.5. The third-order valence-electron chi connectivity index (χ3n) is 3.49. The Morgan fingerprint density at radius 3 is 3.00 bits per heavy atom. The third-order valence-corrected chi connectivity index (χ3v) is 5.23. The van der Waals surface area contributed by atoms with Crippen LogP contribution < -0.4 is 5.32 Å². The molecule has 0 saturated carbocycles. The molecule has 1 fully saturated rings. The molecule has 108 valence electrons. The van der Waals surface area contributed by atoms with Crippen molar-refractivity contribution in [2.75, 3.05) is 31.6 Å². The molecule has 2 heterocycles. The molecular formula is C12H22N4O2S. The number of nitrogens with one attached hydrogen (secondary N) is 1. The molecule has 6 nitrogen and oxygen atoms in total. The summed E-state index contributed by atoms with van der Waals surface area (Å²) in [5.41, 5.74) is 0. The summed E-state index contributed by atoms with van der Waals surface area (Å²) in [4.78, 5) is 6.46. The molecule has 1 aromatic rings. The van der Waals surface area contributed by atoms with Gasteiger partial charge in [0, 0.05) is 32.0 Å². The third kappa shape index (κ3) is 4.29. The van der Waals surface area contributed by atoms with Crippen LogP contribution in [0.15, 0.2) is 12.4 Å². The fraction of sp³-hybridized carbons (Fsp3) is 0.750. The van der Waals surface area contributed by atoms with Crippen molar-refractivity contribution >= 4 is 9.84 Å². The Labute approximate surface area is 114 Å². The number of aromatic nitrogens is 2. The molecule has 7 heteroatoms. The van der Waals surface area contributed by atoms with Crippen molar-refractivity contribution in [1.82, 2.24) is 19.8 Å². The zero-order chi connectivity index (χ0) is 13.9. The van der Waals surface area contributed by atoms with Gasteiger partial charge in [0.2, 0.25) is 0 Å². The Bertz CT molecular complexity index is 512. The van der Waals surface area contributed by atoms with Crippen LogP contribution in [0, 0.1) is 0 Å². The van der Waals surface area contributed by atoms with Crippen LogP contribution >= 0.6 is 0 Å². The lowest BCUT2D eigenvalue weighted by Gasteiger charge is -2.25. The van der Waals surface area contributed by atoms with E-state index in [1.165, 1.54) is 0 Å². The van der Waals surface area contributed by atoms with E-state index >= 15 is 0 Å². The maximum Gasteiger partial charge on any atom is 0.153 e. The fourth-order valence-corrected chi connectivity index (χ4v) is 3.79. The number of nitrogens with zero attached hydrogens (tertiary/aromatic N) is 3. The van der Waals surface area contributed by atoms with E-state index in [1.54, 1.807) is 6.20 Å². The number of hydrogen-bond acceptors (Lipinski definition) is 5. The number of imidazole rings is 1. The van der Waals surface area contributed by atoms with Gasteiger partial charge in [-0.1, -0.05) is 0 Å². The highest BCUT2D eigenvalue weighted by Gasteiger charge is 2.24. The zero-order valence-electron chi connectivity index (χ0n) is 11.5. The molecule has 0 amide bonds. The molecule has 1 unspecified atom stereocenters. The Kier molecular flexibility index (Phi) is 4.59. The van der Waals surface area contributed by atoms with Crippen molar-refractivity contribution in [3.8, 4) is 0 Å². The van der Waals surface area contributed by atoms with Gasteiger partial charge in [0.1, 0.15) is 5.82 Å². The quantitative estimate of drug-likeness (QED) is 0.800. The molecule has 2 rings (SSSR count). The average molecular weight is 286 g/mol. The van der Waals surface area contributed by atoms with Gasteiger partial charge in [0.15, 0.2) is 9.84 Å². The van der Waals surface area contributed by atoms with E-state index in [4.69, 9.17) is 0 Å². The maximum atomic E-state index is 11.5. The molecule has 0 aliphatic carbocycles. The van der Waals surface area contributed by atoms with E-state index in [9.17, 15) is 8.42 Å². The molecule has 1 aromatic heterocycles. The average Bonchev–Trinajstić information content (AvgIpc) is 2.71. The first-order valence-electron chi connectivity index (χ1n) is 6.55. The Morgan fingerprint density at radius 2 is 2.37 bits per heavy atom. The standard InChI is InChI=1S/C12H22N4O2S/c1-15(9-12-14-4-7-16(12)2)6-3-11-10-19(17,18)8-5-13-11/h4,7,11,13H,3,5-6,8-10H2,1-2H3. The summed E-state index contributed by atoms with van der Waals surface area (Å²) < 4.78 is 25.1. The van der Waals surface area contributed by atoms with Crippen molar-refractivity contribution < 1.29 is 8.42 Å². The second-order valence-electron chi connectivity index (χ2n) is 5.25. The molecule has 1 N–H and O–H groups in total. The van der Waals surface area contributed by atoms with E-state index in [1.807, 2.05) is 24.9 Å². The summed E-state index contributed by atoms with van der Waals surface area (Å²) in [6.07, 6.45) is 4.57.